The number of hydrogen-bond donors (Lipinski definition) is 2. The first-order chi connectivity index (χ1) is 8.45. The zero-order chi connectivity index (χ0) is 13.4. The Kier molecular flexibility index (Phi) is 3.52. The van der Waals surface area contributed by atoms with Crippen LogP contribution in [-0.4, -0.2) is 58.9 Å². The van der Waals surface area contributed by atoms with Crippen LogP contribution >= 0.6 is 0 Å². The van der Waals surface area contributed by atoms with Crippen molar-refractivity contribution in [1.82, 2.24) is 4.90 Å². The summed E-state index contributed by atoms with van der Waals surface area (Å²) in [4.78, 5) is 24.7. The molecule has 2 heterocycles. The first-order valence-corrected chi connectivity index (χ1v) is 5.90. The van der Waals surface area contributed by atoms with Crippen molar-refractivity contribution in [1.29, 1.82) is 0 Å². The van der Waals surface area contributed by atoms with Crippen molar-refractivity contribution in [2.24, 2.45) is 5.92 Å². The fourth-order valence-corrected chi connectivity index (χ4v) is 2.42. The van der Waals surface area contributed by atoms with E-state index in [-0.39, 0.29) is 24.8 Å². The Balaban J connectivity index is 2.19. The van der Waals surface area contributed by atoms with Crippen LogP contribution in [0.25, 0.3) is 0 Å². The van der Waals surface area contributed by atoms with Crippen LogP contribution < -0.4 is 0 Å². The maximum Gasteiger partial charge on any atom is 0.255 e. The first kappa shape index (κ1) is 13.2. The molecule has 0 aromatic heterocycles. The predicted molar refractivity (Wildman–Crippen MR) is 61.4 cm³/mol. The molecule has 0 bridgehead atoms. The minimum absolute atomic E-state index is 0.282. The van der Waals surface area contributed by atoms with Gasteiger partial charge in [0.1, 0.15) is 6.10 Å². The second kappa shape index (κ2) is 4.79. The number of likely N-dealkylation sites (N-methyl/N-ethyl adjacent to an activating group) is 1. The average molecular weight is 255 g/mol. The third-order valence-electron chi connectivity index (χ3n) is 3.52. The van der Waals surface area contributed by atoms with Gasteiger partial charge in [-0.1, -0.05) is 6.08 Å². The maximum atomic E-state index is 12.0. The van der Waals surface area contributed by atoms with Gasteiger partial charge in [-0.3, -0.25) is 14.5 Å². The summed E-state index contributed by atoms with van der Waals surface area (Å²) in [6.07, 6.45) is -0.0473. The van der Waals surface area contributed by atoms with Crippen molar-refractivity contribution in [3.63, 3.8) is 0 Å². The molecule has 2 rings (SSSR count). The number of ether oxygens (including phenoxy) is 1. The number of amides is 2. The van der Waals surface area contributed by atoms with Gasteiger partial charge in [-0.25, -0.2) is 0 Å². The van der Waals surface area contributed by atoms with Gasteiger partial charge in [0, 0.05) is 19.0 Å². The van der Waals surface area contributed by atoms with E-state index in [0.29, 0.717) is 5.57 Å². The Morgan fingerprint density at radius 1 is 1.50 bits per heavy atom. The van der Waals surface area contributed by atoms with E-state index >= 15 is 0 Å². The van der Waals surface area contributed by atoms with Crippen LogP contribution in [0, 0.1) is 5.92 Å². The van der Waals surface area contributed by atoms with Crippen molar-refractivity contribution in [3.05, 3.63) is 11.6 Å². The van der Waals surface area contributed by atoms with E-state index in [1.165, 1.54) is 7.05 Å². The van der Waals surface area contributed by atoms with Crippen molar-refractivity contribution >= 4 is 11.8 Å². The fraction of sp³-hybridized carbons (Fsp3) is 0.667. The smallest absolute Gasteiger partial charge is 0.255 e. The van der Waals surface area contributed by atoms with Gasteiger partial charge in [-0.2, -0.15) is 0 Å². The summed E-state index contributed by atoms with van der Waals surface area (Å²) in [5.41, 5.74) is 0.493. The molecule has 2 N–H and O–H groups in total. The molecular formula is C12H17NO5. The topological polar surface area (TPSA) is 87.1 Å². The van der Waals surface area contributed by atoms with Gasteiger partial charge in [0.25, 0.3) is 5.91 Å². The molecule has 2 aliphatic rings. The third kappa shape index (κ3) is 2.07. The molecule has 1 saturated heterocycles. The summed E-state index contributed by atoms with van der Waals surface area (Å²) in [5, 5.41) is 18.7. The lowest BCUT2D eigenvalue weighted by atomic mass is 9.92. The molecule has 1 fully saturated rings. The highest BCUT2D eigenvalue weighted by molar-refractivity contribution is 6.08. The van der Waals surface area contributed by atoms with Crippen LogP contribution in [0.15, 0.2) is 11.6 Å². The molecule has 6 nitrogen and oxygen atoms in total. The van der Waals surface area contributed by atoms with Crippen LogP contribution in [0.2, 0.25) is 0 Å². The summed E-state index contributed by atoms with van der Waals surface area (Å²) < 4.78 is 5.46. The zero-order valence-electron chi connectivity index (χ0n) is 10.4. The molecule has 4 atom stereocenters. The quantitative estimate of drug-likeness (QED) is 0.622. The summed E-state index contributed by atoms with van der Waals surface area (Å²) >= 11 is 0. The summed E-state index contributed by atoms with van der Waals surface area (Å²) in [6.45, 7) is 1.36. The van der Waals surface area contributed by atoms with Gasteiger partial charge in [0.05, 0.1) is 24.7 Å². The van der Waals surface area contributed by atoms with Gasteiger partial charge in [0.2, 0.25) is 5.91 Å². The summed E-state index contributed by atoms with van der Waals surface area (Å²) in [6, 6.07) is 0. The molecule has 2 amide bonds. The highest BCUT2D eigenvalue weighted by Crippen LogP contribution is 2.30. The van der Waals surface area contributed by atoms with E-state index in [0.717, 1.165) is 4.90 Å². The maximum absolute atomic E-state index is 12.0. The van der Waals surface area contributed by atoms with Gasteiger partial charge >= 0.3 is 0 Å². The van der Waals surface area contributed by atoms with Crippen molar-refractivity contribution < 1.29 is 24.5 Å². The van der Waals surface area contributed by atoms with E-state index in [4.69, 9.17) is 9.84 Å². The largest absolute Gasteiger partial charge is 0.394 e. The highest BCUT2D eigenvalue weighted by Gasteiger charge is 2.43. The Labute approximate surface area is 105 Å². The van der Waals surface area contributed by atoms with Gasteiger partial charge < -0.3 is 14.9 Å². The Hall–Kier alpha value is -1.24. The molecular weight excluding hydrogens is 238 g/mol. The number of aliphatic hydroxyl groups is 2. The Morgan fingerprint density at radius 3 is 2.72 bits per heavy atom. The molecule has 0 aromatic rings. The van der Waals surface area contributed by atoms with Crippen LogP contribution in [0.3, 0.4) is 0 Å². The molecule has 100 valence electrons. The van der Waals surface area contributed by atoms with Gasteiger partial charge in [0.15, 0.2) is 0 Å². The molecule has 2 aliphatic heterocycles. The number of imide groups is 1. The predicted octanol–water partition coefficient (Wildman–Crippen LogP) is -0.942. The molecule has 0 aliphatic carbocycles. The van der Waals surface area contributed by atoms with E-state index < -0.39 is 24.2 Å². The zero-order valence-corrected chi connectivity index (χ0v) is 10.4. The molecule has 18 heavy (non-hydrogen) atoms. The van der Waals surface area contributed by atoms with E-state index in [2.05, 4.69) is 0 Å². The Bertz CT molecular complexity index is 405. The normalized spacial score (nSPS) is 37.1. The van der Waals surface area contributed by atoms with Crippen molar-refractivity contribution in [3.8, 4) is 0 Å². The second-order valence-corrected chi connectivity index (χ2v) is 4.78. The van der Waals surface area contributed by atoms with Crippen LogP contribution in [-0.2, 0) is 14.3 Å². The molecule has 0 radical (unpaired) electrons. The molecule has 6 heteroatoms. The number of carbonyl (C=O) groups is 2. The summed E-state index contributed by atoms with van der Waals surface area (Å²) in [7, 11) is 1.43. The lowest BCUT2D eigenvalue weighted by Crippen LogP contribution is -2.45. The minimum Gasteiger partial charge on any atom is -0.394 e. The van der Waals surface area contributed by atoms with Gasteiger partial charge in [-0.15, -0.1) is 0 Å². The molecule has 0 spiro atoms. The third-order valence-corrected chi connectivity index (χ3v) is 3.52. The minimum atomic E-state index is -0.774. The standard InChI is InChI=1S/C12H17NO5/c1-6-3-7(12(17)13(2)11(6)16)9-4-8(15)10(5-14)18-9/h3,7-10,14-15H,4-5H2,1-2H3. The van der Waals surface area contributed by atoms with Crippen LogP contribution in [0.5, 0.6) is 0 Å². The number of hydrogen-bond acceptors (Lipinski definition) is 5. The number of aliphatic hydroxyl groups excluding tert-OH is 2. The average Bonchev–Trinajstić information content (AvgIpc) is 2.72. The van der Waals surface area contributed by atoms with E-state index in [9.17, 15) is 14.7 Å². The van der Waals surface area contributed by atoms with E-state index in [1.54, 1.807) is 13.0 Å². The lowest BCUT2D eigenvalue weighted by molar-refractivity contribution is -0.147. The lowest BCUT2D eigenvalue weighted by Gasteiger charge is -2.29. The second-order valence-electron chi connectivity index (χ2n) is 4.78. The van der Waals surface area contributed by atoms with Crippen molar-refractivity contribution in [2.75, 3.05) is 13.7 Å². The molecule has 0 aromatic carbocycles. The van der Waals surface area contributed by atoms with Crippen LogP contribution in [0.1, 0.15) is 13.3 Å². The first-order valence-electron chi connectivity index (χ1n) is 5.90. The monoisotopic (exact) mass is 255 g/mol. The highest BCUT2D eigenvalue weighted by atomic mass is 16.5. The fourth-order valence-electron chi connectivity index (χ4n) is 2.42. The summed E-state index contributed by atoms with van der Waals surface area (Å²) in [5.74, 6) is -1.21. The van der Waals surface area contributed by atoms with E-state index in [1.807, 2.05) is 0 Å². The van der Waals surface area contributed by atoms with Crippen molar-refractivity contribution in [2.45, 2.75) is 31.7 Å². The number of carbonyl (C=O) groups excluding carboxylic acids is 2. The van der Waals surface area contributed by atoms with Gasteiger partial charge in [-0.05, 0) is 6.92 Å². The number of rotatable bonds is 2. The molecule has 4 unspecified atom stereocenters. The Morgan fingerprint density at radius 2 is 2.17 bits per heavy atom. The molecule has 0 saturated carbocycles. The van der Waals surface area contributed by atoms with Crippen LogP contribution in [0.4, 0.5) is 0 Å². The number of nitrogens with zero attached hydrogens (tertiary/aromatic N) is 1. The SMILES string of the molecule is CC1=CC(C2CC(O)C(CO)O2)C(=O)N(C)C1=O.